The van der Waals surface area contributed by atoms with Gasteiger partial charge in [-0.1, -0.05) is 0 Å². The summed E-state index contributed by atoms with van der Waals surface area (Å²) in [7, 11) is 0. The van der Waals surface area contributed by atoms with E-state index in [4.69, 9.17) is 10.3 Å². The average molecular weight is 250 g/mol. The molecule has 7 nitrogen and oxygen atoms in total. The Balaban J connectivity index is 2.29. The second-order valence-electron chi connectivity index (χ2n) is 3.74. The van der Waals surface area contributed by atoms with Gasteiger partial charge >= 0.3 is 11.6 Å². The van der Waals surface area contributed by atoms with E-state index in [-0.39, 0.29) is 18.0 Å². The summed E-state index contributed by atoms with van der Waals surface area (Å²) in [6, 6.07) is 1.64. The molecule has 0 aliphatic heterocycles. The number of amides is 1. The van der Waals surface area contributed by atoms with Gasteiger partial charge in [-0.2, -0.15) is 0 Å². The number of hydrogen-bond acceptors (Lipinski definition) is 4. The molecule has 2 aromatic rings. The minimum absolute atomic E-state index is 0.119. The van der Waals surface area contributed by atoms with Crippen molar-refractivity contribution < 1.29 is 9.21 Å². The van der Waals surface area contributed by atoms with Gasteiger partial charge in [0.1, 0.15) is 0 Å². The summed E-state index contributed by atoms with van der Waals surface area (Å²) in [5.41, 5.74) is 2.48. The number of hydrogen-bond donors (Lipinski definition) is 2. The number of nitrogens with one attached hydrogen (secondary N) is 1. The lowest BCUT2D eigenvalue weighted by molar-refractivity contribution is 0.0924. The number of nitrogens with two attached hydrogens (primary N) is 1. The molecular weight excluding hydrogens is 236 g/mol. The van der Waals surface area contributed by atoms with Gasteiger partial charge in [-0.3, -0.25) is 19.4 Å². The van der Waals surface area contributed by atoms with Gasteiger partial charge in [0.05, 0.1) is 12.8 Å². The molecule has 0 aromatic carbocycles. The Labute approximate surface area is 103 Å². The zero-order valence-corrected chi connectivity index (χ0v) is 9.92. The SMILES string of the molecule is CCn1ccn(Cc2ccoc2C(=O)NN)c1=O. The molecule has 18 heavy (non-hydrogen) atoms. The van der Waals surface area contributed by atoms with Crippen molar-refractivity contribution in [2.75, 3.05) is 0 Å². The lowest BCUT2D eigenvalue weighted by atomic mass is 10.2. The Morgan fingerprint density at radius 3 is 2.78 bits per heavy atom. The van der Waals surface area contributed by atoms with Gasteiger partial charge in [-0.15, -0.1) is 0 Å². The van der Waals surface area contributed by atoms with Gasteiger partial charge in [-0.25, -0.2) is 10.6 Å². The highest BCUT2D eigenvalue weighted by Crippen LogP contribution is 2.11. The fourth-order valence-corrected chi connectivity index (χ4v) is 1.72. The molecule has 0 fully saturated rings. The molecule has 0 aliphatic carbocycles. The fourth-order valence-electron chi connectivity index (χ4n) is 1.72. The number of furan rings is 1. The molecule has 7 heteroatoms. The van der Waals surface area contributed by atoms with E-state index in [0.717, 1.165) is 0 Å². The highest BCUT2D eigenvalue weighted by Gasteiger charge is 2.15. The number of nitrogen functional groups attached to an aromatic ring is 1. The first kappa shape index (κ1) is 12.2. The minimum atomic E-state index is -0.516. The van der Waals surface area contributed by atoms with Crippen LogP contribution in [-0.4, -0.2) is 15.0 Å². The fraction of sp³-hybridized carbons (Fsp3) is 0.273. The maximum atomic E-state index is 11.8. The summed E-state index contributed by atoms with van der Waals surface area (Å²) in [5.74, 6) is 4.65. The van der Waals surface area contributed by atoms with Crippen molar-refractivity contribution in [3.05, 3.63) is 46.5 Å². The highest BCUT2D eigenvalue weighted by atomic mass is 16.3. The van der Waals surface area contributed by atoms with Crippen molar-refractivity contribution in [2.24, 2.45) is 5.84 Å². The molecule has 0 atom stereocenters. The van der Waals surface area contributed by atoms with E-state index >= 15 is 0 Å². The van der Waals surface area contributed by atoms with E-state index < -0.39 is 5.91 Å². The van der Waals surface area contributed by atoms with Crippen LogP contribution in [0.25, 0.3) is 0 Å². The summed E-state index contributed by atoms with van der Waals surface area (Å²) in [5, 5.41) is 0. The second-order valence-corrected chi connectivity index (χ2v) is 3.74. The molecule has 0 saturated carbocycles. The zero-order valence-electron chi connectivity index (χ0n) is 9.92. The standard InChI is InChI=1S/C11H14N4O3/c1-2-14-4-5-15(11(14)17)7-8-3-6-18-9(8)10(16)13-12/h3-6H,2,7,12H2,1H3,(H,13,16). The summed E-state index contributed by atoms with van der Waals surface area (Å²) in [6.07, 6.45) is 4.76. The second kappa shape index (κ2) is 4.92. The van der Waals surface area contributed by atoms with Crippen molar-refractivity contribution in [3.63, 3.8) is 0 Å². The first-order valence-corrected chi connectivity index (χ1v) is 5.50. The maximum Gasteiger partial charge on any atom is 0.328 e. The number of carbonyl (C=O) groups excluding carboxylic acids is 1. The van der Waals surface area contributed by atoms with Crippen LogP contribution in [0.2, 0.25) is 0 Å². The van der Waals surface area contributed by atoms with E-state index in [9.17, 15) is 9.59 Å². The molecule has 0 unspecified atom stereocenters. The van der Waals surface area contributed by atoms with E-state index in [1.165, 1.54) is 10.8 Å². The molecule has 2 heterocycles. The zero-order chi connectivity index (χ0) is 13.1. The number of aryl methyl sites for hydroxylation is 1. The smallest absolute Gasteiger partial charge is 0.328 e. The Hall–Kier alpha value is -2.28. The van der Waals surface area contributed by atoms with Crippen LogP contribution < -0.4 is 17.0 Å². The number of carbonyl (C=O) groups is 1. The van der Waals surface area contributed by atoms with Gasteiger partial charge in [0, 0.05) is 24.5 Å². The number of aromatic nitrogens is 2. The Morgan fingerprint density at radius 2 is 2.17 bits per heavy atom. The van der Waals surface area contributed by atoms with Crippen molar-refractivity contribution in [2.45, 2.75) is 20.0 Å². The van der Waals surface area contributed by atoms with Crippen molar-refractivity contribution in [3.8, 4) is 0 Å². The number of rotatable bonds is 4. The van der Waals surface area contributed by atoms with Gasteiger partial charge in [0.25, 0.3) is 0 Å². The molecule has 0 spiro atoms. The van der Waals surface area contributed by atoms with Crippen molar-refractivity contribution in [1.29, 1.82) is 0 Å². The van der Waals surface area contributed by atoms with Crippen LogP contribution in [0.15, 0.2) is 33.9 Å². The van der Waals surface area contributed by atoms with Crippen LogP contribution in [0, 0.1) is 0 Å². The first-order valence-electron chi connectivity index (χ1n) is 5.50. The van der Waals surface area contributed by atoms with Crippen molar-refractivity contribution >= 4 is 5.91 Å². The summed E-state index contributed by atoms with van der Waals surface area (Å²) in [4.78, 5) is 23.3. The summed E-state index contributed by atoms with van der Waals surface area (Å²) < 4.78 is 8.12. The minimum Gasteiger partial charge on any atom is -0.459 e. The molecule has 0 saturated heterocycles. The monoisotopic (exact) mass is 250 g/mol. The van der Waals surface area contributed by atoms with Crippen LogP contribution in [-0.2, 0) is 13.1 Å². The number of imidazole rings is 1. The Morgan fingerprint density at radius 1 is 1.44 bits per heavy atom. The predicted molar refractivity (Wildman–Crippen MR) is 63.8 cm³/mol. The lowest BCUT2D eigenvalue weighted by Gasteiger charge is -2.02. The highest BCUT2D eigenvalue weighted by molar-refractivity contribution is 5.92. The molecular formula is C11H14N4O3. The summed E-state index contributed by atoms with van der Waals surface area (Å²) >= 11 is 0. The third kappa shape index (κ3) is 2.07. The van der Waals surface area contributed by atoms with Gasteiger partial charge in [-0.05, 0) is 13.0 Å². The van der Waals surface area contributed by atoms with Gasteiger partial charge in [0.2, 0.25) is 0 Å². The van der Waals surface area contributed by atoms with Crippen LogP contribution in [0.5, 0.6) is 0 Å². The van der Waals surface area contributed by atoms with Crippen LogP contribution in [0.1, 0.15) is 23.0 Å². The largest absolute Gasteiger partial charge is 0.459 e. The molecule has 0 aliphatic rings. The predicted octanol–water partition coefficient (Wildman–Crippen LogP) is -0.0855. The van der Waals surface area contributed by atoms with E-state index in [0.29, 0.717) is 12.1 Å². The maximum absolute atomic E-state index is 11.8. The Bertz CT molecular complexity index is 608. The normalized spacial score (nSPS) is 10.6. The topological polar surface area (TPSA) is 95.2 Å². The third-order valence-corrected chi connectivity index (χ3v) is 2.68. The van der Waals surface area contributed by atoms with Crippen molar-refractivity contribution in [1.82, 2.24) is 14.6 Å². The van der Waals surface area contributed by atoms with Gasteiger partial charge < -0.3 is 4.42 Å². The van der Waals surface area contributed by atoms with Crippen LogP contribution >= 0.6 is 0 Å². The summed E-state index contributed by atoms with van der Waals surface area (Å²) in [6.45, 7) is 2.76. The number of nitrogens with zero attached hydrogens (tertiary/aromatic N) is 2. The third-order valence-electron chi connectivity index (χ3n) is 2.68. The lowest BCUT2D eigenvalue weighted by Crippen LogP contribution is -2.31. The molecule has 0 radical (unpaired) electrons. The molecule has 96 valence electrons. The van der Waals surface area contributed by atoms with E-state index in [2.05, 4.69) is 0 Å². The van der Waals surface area contributed by atoms with E-state index in [1.54, 1.807) is 23.0 Å². The molecule has 2 aromatic heterocycles. The quantitative estimate of drug-likeness (QED) is 0.450. The molecule has 3 N–H and O–H groups in total. The first-order chi connectivity index (χ1) is 8.67. The molecule has 2 rings (SSSR count). The Kier molecular flexibility index (Phi) is 3.33. The van der Waals surface area contributed by atoms with Crippen LogP contribution in [0.3, 0.4) is 0 Å². The number of hydrazine groups is 1. The molecule has 1 amide bonds. The molecule has 0 bridgehead atoms. The van der Waals surface area contributed by atoms with Crippen LogP contribution in [0.4, 0.5) is 0 Å². The average Bonchev–Trinajstić information content (AvgIpc) is 2.97. The van der Waals surface area contributed by atoms with Gasteiger partial charge in [0.15, 0.2) is 5.76 Å². The van der Waals surface area contributed by atoms with E-state index in [1.807, 2.05) is 12.3 Å².